The van der Waals surface area contributed by atoms with Crippen molar-refractivity contribution >= 4 is 17.5 Å². The molecule has 0 aliphatic heterocycles. The number of para-hydroxylation sites is 1. The van der Waals surface area contributed by atoms with Crippen LogP contribution in [0.15, 0.2) is 54.6 Å². The Balaban J connectivity index is 2.07. The molecule has 114 valence electrons. The second kappa shape index (κ2) is 7.41. The molecule has 0 radical (unpaired) electrons. The zero-order valence-electron chi connectivity index (χ0n) is 12.8. The third-order valence-corrected chi connectivity index (χ3v) is 3.09. The average Bonchev–Trinajstić information content (AvgIpc) is 2.53. The summed E-state index contributed by atoms with van der Waals surface area (Å²) in [6.07, 6.45) is 0. The van der Waals surface area contributed by atoms with Gasteiger partial charge in [-0.1, -0.05) is 38.1 Å². The van der Waals surface area contributed by atoms with Gasteiger partial charge in [0.2, 0.25) is 0 Å². The fourth-order valence-electron chi connectivity index (χ4n) is 1.93. The van der Waals surface area contributed by atoms with E-state index in [1.807, 2.05) is 44.2 Å². The van der Waals surface area contributed by atoms with E-state index in [0.717, 1.165) is 5.69 Å². The van der Waals surface area contributed by atoms with Crippen molar-refractivity contribution in [1.29, 1.82) is 0 Å². The molecule has 0 bridgehead atoms. The summed E-state index contributed by atoms with van der Waals surface area (Å²) in [5.41, 5.74) is 1.67. The summed E-state index contributed by atoms with van der Waals surface area (Å²) in [6.45, 7) is 4.67. The Labute approximate surface area is 130 Å². The molecule has 2 aromatic carbocycles. The molecule has 2 rings (SSSR count). The zero-order chi connectivity index (χ0) is 15.9. The van der Waals surface area contributed by atoms with Gasteiger partial charge in [-0.05, 0) is 36.2 Å². The van der Waals surface area contributed by atoms with E-state index in [9.17, 15) is 9.59 Å². The molecule has 4 nitrogen and oxygen atoms in total. The summed E-state index contributed by atoms with van der Waals surface area (Å²) in [5, 5.41) is 5.65. The monoisotopic (exact) mass is 296 g/mol. The van der Waals surface area contributed by atoms with Gasteiger partial charge in [0.1, 0.15) is 0 Å². The standard InChI is InChI=1S/C18H20N2O2/c1-13(2)12-19-17(21)14-7-6-8-15(11-14)18(22)20-16-9-4-3-5-10-16/h3-11,13H,12H2,1-2H3,(H,19,21)(H,20,22). The van der Waals surface area contributed by atoms with Crippen molar-refractivity contribution in [3.63, 3.8) is 0 Å². The molecule has 0 fully saturated rings. The largest absolute Gasteiger partial charge is 0.352 e. The first kappa shape index (κ1) is 15.8. The van der Waals surface area contributed by atoms with Crippen LogP contribution < -0.4 is 10.6 Å². The lowest BCUT2D eigenvalue weighted by molar-refractivity contribution is 0.0949. The summed E-state index contributed by atoms with van der Waals surface area (Å²) < 4.78 is 0. The van der Waals surface area contributed by atoms with Crippen molar-refractivity contribution in [1.82, 2.24) is 5.32 Å². The number of carbonyl (C=O) groups is 2. The Morgan fingerprint density at radius 3 is 2.18 bits per heavy atom. The molecule has 22 heavy (non-hydrogen) atoms. The highest BCUT2D eigenvalue weighted by Crippen LogP contribution is 2.10. The number of hydrogen-bond acceptors (Lipinski definition) is 2. The maximum Gasteiger partial charge on any atom is 0.255 e. The number of benzene rings is 2. The minimum atomic E-state index is -0.232. The zero-order valence-corrected chi connectivity index (χ0v) is 12.8. The maximum atomic E-state index is 12.2. The Kier molecular flexibility index (Phi) is 5.31. The van der Waals surface area contributed by atoms with Crippen LogP contribution in [0.2, 0.25) is 0 Å². The van der Waals surface area contributed by atoms with E-state index in [4.69, 9.17) is 0 Å². The van der Waals surface area contributed by atoms with Gasteiger partial charge in [-0.3, -0.25) is 9.59 Å². The van der Waals surface area contributed by atoms with Crippen LogP contribution in [0.25, 0.3) is 0 Å². The van der Waals surface area contributed by atoms with Gasteiger partial charge in [0.15, 0.2) is 0 Å². The van der Waals surface area contributed by atoms with Crippen LogP contribution in [0.1, 0.15) is 34.6 Å². The molecule has 0 atom stereocenters. The van der Waals surface area contributed by atoms with E-state index in [1.54, 1.807) is 24.3 Å². The molecule has 0 aliphatic carbocycles. The molecule has 0 aliphatic rings. The van der Waals surface area contributed by atoms with E-state index in [1.165, 1.54) is 0 Å². The highest BCUT2D eigenvalue weighted by Gasteiger charge is 2.10. The Hall–Kier alpha value is -2.62. The third kappa shape index (κ3) is 4.45. The molecule has 0 heterocycles. The molecule has 0 saturated carbocycles. The number of anilines is 1. The van der Waals surface area contributed by atoms with Crippen LogP contribution in [-0.4, -0.2) is 18.4 Å². The lowest BCUT2D eigenvalue weighted by Crippen LogP contribution is -2.27. The van der Waals surface area contributed by atoms with Crippen LogP contribution in [-0.2, 0) is 0 Å². The van der Waals surface area contributed by atoms with Crippen molar-refractivity contribution in [3.8, 4) is 0 Å². The van der Waals surface area contributed by atoms with Crippen molar-refractivity contribution in [2.24, 2.45) is 5.92 Å². The number of rotatable bonds is 5. The SMILES string of the molecule is CC(C)CNC(=O)c1cccc(C(=O)Nc2ccccc2)c1. The minimum absolute atomic E-state index is 0.164. The van der Waals surface area contributed by atoms with Crippen LogP contribution in [0.5, 0.6) is 0 Å². The Morgan fingerprint density at radius 1 is 0.909 bits per heavy atom. The normalized spacial score (nSPS) is 10.3. The lowest BCUT2D eigenvalue weighted by atomic mass is 10.1. The maximum absolute atomic E-state index is 12.2. The first-order valence-electron chi connectivity index (χ1n) is 7.31. The summed E-state index contributed by atoms with van der Waals surface area (Å²) in [7, 11) is 0. The van der Waals surface area contributed by atoms with Gasteiger partial charge in [0, 0.05) is 23.4 Å². The molecular formula is C18H20N2O2. The summed E-state index contributed by atoms with van der Waals surface area (Å²) in [5.74, 6) is -0.0127. The van der Waals surface area contributed by atoms with Crippen molar-refractivity contribution in [2.45, 2.75) is 13.8 Å². The van der Waals surface area contributed by atoms with E-state index < -0.39 is 0 Å². The highest BCUT2D eigenvalue weighted by atomic mass is 16.2. The van der Waals surface area contributed by atoms with Gasteiger partial charge < -0.3 is 10.6 Å². The van der Waals surface area contributed by atoms with Crippen molar-refractivity contribution < 1.29 is 9.59 Å². The minimum Gasteiger partial charge on any atom is -0.352 e. The molecule has 0 spiro atoms. The first-order chi connectivity index (χ1) is 10.6. The summed E-state index contributed by atoms with van der Waals surface area (Å²) >= 11 is 0. The molecule has 0 unspecified atom stereocenters. The van der Waals surface area contributed by atoms with Crippen molar-refractivity contribution in [3.05, 3.63) is 65.7 Å². The lowest BCUT2D eigenvalue weighted by Gasteiger charge is -2.09. The van der Waals surface area contributed by atoms with E-state index >= 15 is 0 Å². The van der Waals surface area contributed by atoms with E-state index in [0.29, 0.717) is 23.6 Å². The number of carbonyl (C=O) groups excluding carboxylic acids is 2. The first-order valence-corrected chi connectivity index (χ1v) is 7.31. The van der Waals surface area contributed by atoms with Gasteiger partial charge in [0.05, 0.1) is 0 Å². The summed E-state index contributed by atoms with van der Waals surface area (Å²) in [4.78, 5) is 24.3. The fraction of sp³-hybridized carbons (Fsp3) is 0.222. The average molecular weight is 296 g/mol. The topological polar surface area (TPSA) is 58.2 Å². The van der Waals surface area contributed by atoms with Crippen LogP contribution in [0.4, 0.5) is 5.69 Å². The van der Waals surface area contributed by atoms with Crippen LogP contribution >= 0.6 is 0 Å². The van der Waals surface area contributed by atoms with E-state index in [-0.39, 0.29) is 11.8 Å². The quantitative estimate of drug-likeness (QED) is 0.889. The molecule has 2 aromatic rings. The predicted octanol–water partition coefficient (Wildman–Crippen LogP) is 3.32. The fourth-order valence-corrected chi connectivity index (χ4v) is 1.93. The number of hydrogen-bond donors (Lipinski definition) is 2. The smallest absolute Gasteiger partial charge is 0.255 e. The predicted molar refractivity (Wildman–Crippen MR) is 88.0 cm³/mol. The third-order valence-electron chi connectivity index (χ3n) is 3.09. The summed E-state index contributed by atoms with van der Waals surface area (Å²) in [6, 6.07) is 15.9. The Morgan fingerprint density at radius 2 is 1.55 bits per heavy atom. The van der Waals surface area contributed by atoms with Gasteiger partial charge in [-0.15, -0.1) is 0 Å². The number of amides is 2. The van der Waals surface area contributed by atoms with Crippen molar-refractivity contribution in [2.75, 3.05) is 11.9 Å². The highest BCUT2D eigenvalue weighted by molar-refractivity contribution is 6.06. The van der Waals surface area contributed by atoms with Gasteiger partial charge in [-0.2, -0.15) is 0 Å². The Bertz CT molecular complexity index is 651. The molecule has 0 aromatic heterocycles. The molecule has 0 saturated heterocycles. The second-order valence-electron chi connectivity index (χ2n) is 5.50. The van der Waals surface area contributed by atoms with Crippen LogP contribution in [0.3, 0.4) is 0 Å². The second-order valence-corrected chi connectivity index (χ2v) is 5.50. The molecule has 2 amide bonds. The number of nitrogens with one attached hydrogen (secondary N) is 2. The molecule has 2 N–H and O–H groups in total. The molecule has 4 heteroatoms. The van der Waals surface area contributed by atoms with E-state index in [2.05, 4.69) is 10.6 Å². The van der Waals surface area contributed by atoms with Gasteiger partial charge in [0.25, 0.3) is 11.8 Å². The van der Waals surface area contributed by atoms with Gasteiger partial charge >= 0.3 is 0 Å². The van der Waals surface area contributed by atoms with Gasteiger partial charge in [-0.25, -0.2) is 0 Å². The molecular weight excluding hydrogens is 276 g/mol. The van der Waals surface area contributed by atoms with Crippen LogP contribution in [0, 0.1) is 5.92 Å².